The van der Waals surface area contributed by atoms with Crippen molar-refractivity contribution in [2.75, 3.05) is 0 Å². The maximum Gasteiger partial charge on any atom is 0.0540 e. The van der Waals surface area contributed by atoms with Gasteiger partial charge in [0.1, 0.15) is 0 Å². The zero-order valence-electron chi connectivity index (χ0n) is 6.42. The fourth-order valence-electron chi connectivity index (χ4n) is 2.18. The molecule has 1 N–H and O–H groups in total. The van der Waals surface area contributed by atoms with Crippen LogP contribution in [0.4, 0.5) is 0 Å². The fraction of sp³-hybridized carbons (Fsp3) is 1.00. The molecule has 0 saturated heterocycles. The van der Waals surface area contributed by atoms with Gasteiger partial charge in [-0.15, -0.1) is 0 Å². The summed E-state index contributed by atoms with van der Waals surface area (Å²) in [5, 5.41) is 9.35. The first kappa shape index (κ1) is 6.66. The van der Waals surface area contributed by atoms with Crippen LogP contribution in [0, 0.1) is 11.8 Å². The molecule has 0 bridgehead atoms. The van der Waals surface area contributed by atoms with Gasteiger partial charge in [0, 0.05) is 0 Å². The lowest BCUT2D eigenvalue weighted by Gasteiger charge is -2.12. The number of aliphatic hydroxyl groups is 1. The molecule has 0 heterocycles. The second-order valence-electron chi connectivity index (χ2n) is 3.92. The van der Waals surface area contributed by atoms with E-state index < -0.39 is 0 Å². The van der Waals surface area contributed by atoms with Gasteiger partial charge in [0.05, 0.1) is 6.10 Å². The van der Waals surface area contributed by atoms with Gasteiger partial charge in [0.2, 0.25) is 0 Å². The SMILES string of the molecule is O[C@@H]1CCC[C@@H]2C[C@@H]2CC1. The Bertz CT molecular complexity index is 120. The van der Waals surface area contributed by atoms with Crippen LogP contribution in [0.1, 0.15) is 38.5 Å². The molecule has 0 aliphatic heterocycles. The molecule has 1 nitrogen and oxygen atoms in total. The second kappa shape index (κ2) is 2.54. The molecule has 10 heavy (non-hydrogen) atoms. The molecule has 0 spiro atoms. The summed E-state index contributed by atoms with van der Waals surface area (Å²) in [5.74, 6) is 2.07. The molecule has 1 heteroatoms. The summed E-state index contributed by atoms with van der Waals surface area (Å²) in [6.45, 7) is 0. The van der Waals surface area contributed by atoms with Gasteiger partial charge >= 0.3 is 0 Å². The van der Waals surface area contributed by atoms with E-state index in [-0.39, 0.29) is 6.10 Å². The maximum absolute atomic E-state index is 9.35. The third-order valence-corrected chi connectivity index (χ3v) is 3.05. The third kappa shape index (κ3) is 1.34. The molecule has 2 saturated carbocycles. The summed E-state index contributed by atoms with van der Waals surface area (Å²) < 4.78 is 0. The predicted octanol–water partition coefficient (Wildman–Crippen LogP) is 1.95. The second-order valence-corrected chi connectivity index (χ2v) is 3.92. The zero-order valence-corrected chi connectivity index (χ0v) is 6.42. The minimum absolute atomic E-state index is 0.0292. The molecule has 58 valence electrons. The Labute approximate surface area is 62.4 Å². The molecule has 0 aromatic heterocycles. The van der Waals surface area contributed by atoms with Gasteiger partial charge in [0.25, 0.3) is 0 Å². The monoisotopic (exact) mass is 140 g/mol. The lowest BCUT2D eigenvalue weighted by molar-refractivity contribution is 0.140. The van der Waals surface area contributed by atoms with E-state index in [4.69, 9.17) is 0 Å². The van der Waals surface area contributed by atoms with Gasteiger partial charge < -0.3 is 5.11 Å². The smallest absolute Gasteiger partial charge is 0.0540 e. The van der Waals surface area contributed by atoms with Crippen LogP contribution in [0.3, 0.4) is 0 Å². The predicted molar refractivity (Wildman–Crippen MR) is 40.7 cm³/mol. The standard InChI is InChI=1S/C9H16O/c10-9-3-1-2-7-6-8(7)4-5-9/h7-10H,1-6H2/t7-,8+,9-/m1/s1. The fourth-order valence-corrected chi connectivity index (χ4v) is 2.18. The van der Waals surface area contributed by atoms with Crippen molar-refractivity contribution in [3.8, 4) is 0 Å². The first-order valence-electron chi connectivity index (χ1n) is 4.54. The highest BCUT2D eigenvalue weighted by atomic mass is 16.3. The summed E-state index contributed by atoms with van der Waals surface area (Å²) >= 11 is 0. The van der Waals surface area contributed by atoms with E-state index in [9.17, 15) is 5.11 Å². The van der Waals surface area contributed by atoms with Gasteiger partial charge in [-0.2, -0.15) is 0 Å². The molecule has 2 rings (SSSR count). The number of fused-ring (bicyclic) bond motifs is 1. The van der Waals surface area contributed by atoms with Crippen molar-refractivity contribution >= 4 is 0 Å². The first-order valence-corrected chi connectivity index (χ1v) is 4.54. The molecular formula is C9H16O. The van der Waals surface area contributed by atoms with Crippen LogP contribution in [0.25, 0.3) is 0 Å². The van der Waals surface area contributed by atoms with Crippen molar-refractivity contribution in [3.63, 3.8) is 0 Å². The molecule has 0 aromatic carbocycles. The normalized spacial score (nSPS) is 47.1. The minimum Gasteiger partial charge on any atom is -0.393 e. The summed E-state index contributed by atoms with van der Waals surface area (Å²) in [6.07, 6.45) is 7.58. The molecule has 0 aromatic rings. The lowest BCUT2D eigenvalue weighted by Crippen LogP contribution is -2.08. The number of aliphatic hydroxyl groups excluding tert-OH is 1. The molecule has 3 atom stereocenters. The van der Waals surface area contributed by atoms with E-state index in [0.717, 1.165) is 24.7 Å². The lowest BCUT2D eigenvalue weighted by atomic mass is 9.99. The summed E-state index contributed by atoms with van der Waals surface area (Å²) in [4.78, 5) is 0. The first-order chi connectivity index (χ1) is 4.86. The van der Waals surface area contributed by atoms with E-state index in [0.29, 0.717) is 0 Å². The van der Waals surface area contributed by atoms with E-state index in [1.165, 1.54) is 25.7 Å². The van der Waals surface area contributed by atoms with Crippen molar-refractivity contribution in [2.24, 2.45) is 11.8 Å². The highest BCUT2D eigenvalue weighted by Crippen LogP contribution is 2.47. The largest absolute Gasteiger partial charge is 0.393 e. The highest BCUT2D eigenvalue weighted by Gasteiger charge is 2.37. The van der Waals surface area contributed by atoms with E-state index in [2.05, 4.69) is 0 Å². The Kier molecular flexibility index (Phi) is 1.69. The summed E-state index contributed by atoms with van der Waals surface area (Å²) in [7, 11) is 0. The van der Waals surface area contributed by atoms with E-state index in [1.54, 1.807) is 0 Å². The molecule has 0 amide bonds. The molecule has 0 unspecified atom stereocenters. The Balaban J connectivity index is 1.83. The van der Waals surface area contributed by atoms with Crippen LogP contribution < -0.4 is 0 Å². The van der Waals surface area contributed by atoms with Crippen LogP contribution >= 0.6 is 0 Å². The van der Waals surface area contributed by atoms with Crippen LogP contribution in [-0.2, 0) is 0 Å². The van der Waals surface area contributed by atoms with Gasteiger partial charge in [-0.25, -0.2) is 0 Å². The van der Waals surface area contributed by atoms with Gasteiger partial charge in [-0.3, -0.25) is 0 Å². The van der Waals surface area contributed by atoms with Crippen molar-refractivity contribution in [2.45, 2.75) is 44.6 Å². The van der Waals surface area contributed by atoms with Gasteiger partial charge in [-0.1, -0.05) is 12.8 Å². The van der Waals surface area contributed by atoms with Gasteiger partial charge in [-0.05, 0) is 37.5 Å². The Hall–Kier alpha value is -0.0400. The molecule has 0 radical (unpaired) electrons. The summed E-state index contributed by atoms with van der Waals surface area (Å²) in [6, 6.07) is 0. The van der Waals surface area contributed by atoms with E-state index >= 15 is 0 Å². The minimum atomic E-state index is 0.0292. The molecule has 2 aliphatic carbocycles. The van der Waals surface area contributed by atoms with Crippen LogP contribution in [-0.4, -0.2) is 11.2 Å². The highest BCUT2D eigenvalue weighted by molar-refractivity contribution is 4.88. The van der Waals surface area contributed by atoms with Crippen LogP contribution in [0.5, 0.6) is 0 Å². The van der Waals surface area contributed by atoms with Crippen LogP contribution in [0.2, 0.25) is 0 Å². The third-order valence-electron chi connectivity index (χ3n) is 3.05. The maximum atomic E-state index is 9.35. The quantitative estimate of drug-likeness (QED) is 0.545. The molecular weight excluding hydrogens is 124 g/mol. The van der Waals surface area contributed by atoms with Crippen molar-refractivity contribution in [1.29, 1.82) is 0 Å². The molecule has 2 fully saturated rings. The van der Waals surface area contributed by atoms with Crippen molar-refractivity contribution < 1.29 is 5.11 Å². The average Bonchev–Trinajstić information content (AvgIpc) is 2.59. The van der Waals surface area contributed by atoms with E-state index in [1.807, 2.05) is 0 Å². The summed E-state index contributed by atoms with van der Waals surface area (Å²) in [5.41, 5.74) is 0. The van der Waals surface area contributed by atoms with Crippen molar-refractivity contribution in [3.05, 3.63) is 0 Å². The number of rotatable bonds is 0. The Morgan fingerprint density at radius 2 is 1.70 bits per heavy atom. The van der Waals surface area contributed by atoms with Crippen LogP contribution in [0.15, 0.2) is 0 Å². The number of hydrogen-bond donors (Lipinski definition) is 1. The average molecular weight is 140 g/mol. The van der Waals surface area contributed by atoms with Gasteiger partial charge in [0.15, 0.2) is 0 Å². The van der Waals surface area contributed by atoms with Crippen molar-refractivity contribution in [1.82, 2.24) is 0 Å². The topological polar surface area (TPSA) is 20.2 Å². The Morgan fingerprint density at radius 1 is 0.900 bits per heavy atom. The number of hydrogen-bond acceptors (Lipinski definition) is 1. The Morgan fingerprint density at radius 3 is 2.60 bits per heavy atom. The zero-order chi connectivity index (χ0) is 6.97. The molecule has 2 aliphatic rings.